The van der Waals surface area contributed by atoms with Crippen molar-refractivity contribution in [1.29, 1.82) is 0 Å². The minimum absolute atomic E-state index is 0.169. The lowest BCUT2D eigenvalue weighted by molar-refractivity contribution is 0.0651. The first-order valence-corrected chi connectivity index (χ1v) is 10.3. The summed E-state index contributed by atoms with van der Waals surface area (Å²) in [6.07, 6.45) is 3.64. The first kappa shape index (κ1) is 19.5. The van der Waals surface area contributed by atoms with Gasteiger partial charge in [0.1, 0.15) is 0 Å². The van der Waals surface area contributed by atoms with Crippen LogP contribution in [0.15, 0.2) is 30.5 Å². The molecule has 7 heteroatoms. The van der Waals surface area contributed by atoms with Crippen LogP contribution in [0.3, 0.4) is 0 Å². The Hall–Kier alpha value is -2.25. The van der Waals surface area contributed by atoms with E-state index in [0.717, 1.165) is 44.2 Å². The maximum Gasteiger partial charge on any atom is 0.261 e. The van der Waals surface area contributed by atoms with Crippen molar-refractivity contribution in [3.8, 4) is 0 Å². The van der Waals surface area contributed by atoms with E-state index in [4.69, 9.17) is 0 Å². The van der Waals surface area contributed by atoms with E-state index in [0.29, 0.717) is 17.7 Å². The van der Waals surface area contributed by atoms with E-state index in [2.05, 4.69) is 29.0 Å². The van der Waals surface area contributed by atoms with Gasteiger partial charge >= 0.3 is 0 Å². The molecule has 1 aliphatic heterocycles. The number of thiazole rings is 1. The third kappa shape index (κ3) is 4.36. The van der Waals surface area contributed by atoms with Gasteiger partial charge in [0.25, 0.3) is 11.8 Å². The van der Waals surface area contributed by atoms with Crippen LogP contribution in [0.2, 0.25) is 0 Å². The molecule has 0 spiro atoms. The fourth-order valence-electron chi connectivity index (χ4n) is 3.19. The fourth-order valence-corrected chi connectivity index (χ4v) is 4.20. The van der Waals surface area contributed by atoms with Crippen molar-refractivity contribution in [2.45, 2.75) is 33.2 Å². The third-order valence-electron chi connectivity index (χ3n) is 4.74. The lowest BCUT2D eigenvalue weighted by atomic mass is 10.1. The molecule has 3 rings (SSSR count). The minimum Gasteiger partial charge on any atom is -0.349 e. The molecule has 0 unspecified atom stereocenters. The molecule has 0 fully saturated rings. The molecule has 2 heterocycles. The summed E-state index contributed by atoms with van der Waals surface area (Å²) in [5, 5.41) is 4.49. The van der Waals surface area contributed by atoms with Gasteiger partial charge in [-0.15, -0.1) is 11.3 Å². The van der Waals surface area contributed by atoms with Crippen molar-refractivity contribution >= 4 is 28.3 Å². The molecular weight excluding hydrogens is 360 g/mol. The smallest absolute Gasteiger partial charge is 0.261 e. The number of nitrogens with one attached hydrogen (secondary N) is 1. The van der Waals surface area contributed by atoms with Crippen LogP contribution in [0.25, 0.3) is 0 Å². The SMILES string of the molecule is CCN(CC)c1ncc(CNCCCCN2C(=O)c3ccccc3C2=O)s1. The summed E-state index contributed by atoms with van der Waals surface area (Å²) >= 11 is 1.72. The zero-order valence-corrected chi connectivity index (χ0v) is 16.7. The Balaban J connectivity index is 1.37. The molecule has 0 aliphatic carbocycles. The molecule has 1 aliphatic rings. The number of carbonyl (C=O) groups is 2. The second-order valence-corrected chi connectivity index (χ2v) is 7.57. The molecule has 2 amide bonds. The molecular formula is C20H26N4O2S. The van der Waals surface area contributed by atoms with Crippen LogP contribution in [-0.2, 0) is 6.54 Å². The van der Waals surface area contributed by atoms with Gasteiger partial charge in [-0.2, -0.15) is 0 Å². The van der Waals surface area contributed by atoms with Crippen LogP contribution in [-0.4, -0.2) is 47.9 Å². The van der Waals surface area contributed by atoms with Crippen LogP contribution < -0.4 is 10.2 Å². The zero-order chi connectivity index (χ0) is 19.2. The normalized spacial score (nSPS) is 13.3. The highest BCUT2D eigenvalue weighted by atomic mass is 32.1. The van der Waals surface area contributed by atoms with Crippen molar-refractivity contribution in [2.75, 3.05) is 31.1 Å². The van der Waals surface area contributed by atoms with Gasteiger partial charge in [-0.25, -0.2) is 4.98 Å². The number of rotatable bonds is 10. The largest absolute Gasteiger partial charge is 0.349 e. The molecule has 0 atom stereocenters. The van der Waals surface area contributed by atoms with Crippen molar-refractivity contribution in [3.63, 3.8) is 0 Å². The molecule has 1 aromatic heterocycles. The molecule has 2 aromatic rings. The van der Waals surface area contributed by atoms with Crippen molar-refractivity contribution in [3.05, 3.63) is 46.5 Å². The summed E-state index contributed by atoms with van der Waals surface area (Å²) < 4.78 is 0. The van der Waals surface area contributed by atoms with Gasteiger partial charge in [-0.3, -0.25) is 14.5 Å². The average Bonchev–Trinajstić information content (AvgIpc) is 3.24. The number of aromatic nitrogens is 1. The maximum absolute atomic E-state index is 12.3. The summed E-state index contributed by atoms with van der Waals surface area (Å²) in [7, 11) is 0. The van der Waals surface area contributed by atoms with E-state index in [-0.39, 0.29) is 11.8 Å². The predicted octanol–water partition coefficient (Wildman–Crippen LogP) is 3.16. The van der Waals surface area contributed by atoms with Gasteiger partial charge < -0.3 is 10.2 Å². The highest BCUT2D eigenvalue weighted by Crippen LogP contribution is 2.23. The Bertz CT molecular complexity index is 766. The Morgan fingerprint density at radius 3 is 2.37 bits per heavy atom. The van der Waals surface area contributed by atoms with E-state index in [9.17, 15) is 9.59 Å². The maximum atomic E-state index is 12.3. The molecule has 27 heavy (non-hydrogen) atoms. The number of hydrogen-bond donors (Lipinski definition) is 1. The molecule has 1 aromatic carbocycles. The van der Waals surface area contributed by atoms with Gasteiger partial charge in [0.05, 0.1) is 11.1 Å². The van der Waals surface area contributed by atoms with Gasteiger partial charge in [0.2, 0.25) is 0 Å². The van der Waals surface area contributed by atoms with E-state index in [1.165, 1.54) is 9.78 Å². The number of anilines is 1. The standard InChI is InChI=1S/C20H26N4O2S/c1-3-23(4-2)20-22-14-15(27-20)13-21-11-7-8-12-24-18(25)16-9-5-6-10-17(16)19(24)26/h5-6,9-10,14,21H,3-4,7-8,11-13H2,1-2H3. The molecule has 0 bridgehead atoms. The molecule has 144 valence electrons. The summed E-state index contributed by atoms with van der Waals surface area (Å²) in [4.78, 5) is 33.9. The van der Waals surface area contributed by atoms with E-state index in [1.54, 1.807) is 35.6 Å². The Morgan fingerprint density at radius 2 is 1.74 bits per heavy atom. The predicted molar refractivity (Wildman–Crippen MR) is 108 cm³/mol. The average molecular weight is 387 g/mol. The number of fused-ring (bicyclic) bond motifs is 1. The van der Waals surface area contributed by atoms with Gasteiger partial charge in [0.15, 0.2) is 5.13 Å². The highest BCUT2D eigenvalue weighted by Gasteiger charge is 2.34. The number of hydrogen-bond acceptors (Lipinski definition) is 6. The number of amides is 2. The quantitative estimate of drug-likeness (QED) is 0.502. The molecule has 0 saturated heterocycles. The van der Waals surface area contributed by atoms with Gasteiger partial charge in [-0.1, -0.05) is 12.1 Å². The van der Waals surface area contributed by atoms with Crippen LogP contribution in [0.4, 0.5) is 5.13 Å². The summed E-state index contributed by atoms with van der Waals surface area (Å²) in [6.45, 7) is 8.33. The third-order valence-corrected chi connectivity index (χ3v) is 5.80. The number of benzene rings is 1. The van der Waals surface area contributed by atoms with Crippen LogP contribution in [0.5, 0.6) is 0 Å². The van der Waals surface area contributed by atoms with Gasteiger partial charge in [0, 0.05) is 37.3 Å². The van der Waals surface area contributed by atoms with E-state index >= 15 is 0 Å². The van der Waals surface area contributed by atoms with Crippen molar-refractivity contribution in [1.82, 2.24) is 15.2 Å². The monoisotopic (exact) mass is 386 g/mol. The van der Waals surface area contributed by atoms with Crippen molar-refractivity contribution < 1.29 is 9.59 Å². The molecule has 6 nitrogen and oxygen atoms in total. The van der Waals surface area contributed by atoms with Crippen molar-refractivity contribution in [2.24, 2.45) is 0 Å². The Labute approximate surface area is 164 Å². The Kier molecular flexibility index (Phi) is 6.58. The van der Waals surface area contributed by atoms with Crippen LogP contribution in [0.1, 0.15) is 52.3 Å². The fraction of sp³-hybridized carbons (Fsp3) is 0.450. The second kappa shape index (κ2) is 9.10. The summed E-state index contributed by atoms with van der Waals surface area (Å²) in [5.74, 6) is -0.339. The first-order valence-electron chi connectivity index (χ1n) is 9.51. The topological polar surface area (TPSA) is 65.5 Å². The second-order valence-electron chi connectivity index (χ2n) is 6.47. The lowest BCUT2D eigenvalue weighted by Gasteiger charge is -2.16. The van der Waals surface area contributed by atoms with Crippen LogP contribution in [0, 0.1) is 0 Å². The van der Waals surface area contributed by atoms with E-state index < -0.39 is 0 Å². The first-order chi connectivity index (χ1) is 13.2. The summed E-state index contributed by atoms with van der Waals surface area (Å²) in [6, 6.07) is 7.03. The van der Waals surface area contributed by atoms with E-state index in [1.807, 2.05) is 6.20 Å². The molecule has 1 N–H and O–H groups in total. The minimum atomic E-state index is -0.169. The zero-order valence-electron chi connectivity index (χ0n) is 15.9. The Morgan fingerprint density at radius 1 is 1.07 bits per heavy atom. The molecule has 0 saturated carbocycles. The number of carbonyl (C=O) groups excluding carboxylic acids is 2. The summed E-state index contributed by atoms with van der Waals surface area (Å²) in [5.41, 5.74) is 1.05. The number of unbranched alkanes of at least 4 members (excludes halogenated alkanes) is 1. The molecule has 0 radical (unpaired) electrons. The van der Waals surface area contributed by atoms with Gasteiger partial charge in [-0.05, 0) is 45.4 Å². The number of nitrogens with zero attached hydrogens (tertiary/aromatic N) is 3. The number of imide groups is 1. The lowest BCUT2D eigenvalue weighted by Crippen LogP contribution is -2.31. The van der Waals surface area contributed by atoms with Crippen LogP contribution >= 0.6 is 11.3 Å². The highest BCUT2D eigenvalue weighted by molar-refractivity contribution is 7.15.